The van der Waals surface area contributed by atoms with E-state index < -0.39 is 40.6 Å². The zero-order valence-corrected chi connectivity index (χ0v) is 9.78. The SMILES string of the molecule is CC1(C)S[C@H]([C@@H](CO)C(=O)[O-])N[C@H]1C(=O)O. The third-order valence-corrected chi connectivity index (χ3v) is 4.13. The van der Waals surface area contributed by atoms with Crippen LogP contribution in [-0.4, -0.2) is 44.9 Å². The molecule has 1 fully saturated rings. The predicted octanol–water partition coefficient (Wildman–Crippen LogP) is -1.76. The third kappa shape index (κ3) is 2.47. The molecule has 0 radical (unpaired) electrons. The van der Waals surface area contributed by atoms with Gasteiger partial charge in [-0.2, -0.15) is 0 Å². The number of aliphatic hydroxyl groups is 1. The molecule has 1 aliphatic rings. The van der Waals surface area contributed by atoms with Gasteiger partial charge in [0.25, 0.3) is 0 Å². The fourth-order valence-electron chi connectivity index (χ4n) is 1.66. The van der Waals surface area contributed by atoms with Crippen LogP contribution in [0.4, 0.5) is 0 Å². The molecule has 1 aliphatic heterocycles. The van der Waals surface area contributed by atoms with E-state index >= 15 is 0 Å². The topological polar surface area (TPSA) is 110 Å². The number of hydrogen-bond donors (Lipinski definition) is 3. The maximum atomic E-state index is 10.9. The summed E-state index contributed by atoms with van der Waals surface area (Å²) in [6.07, 6.45) is 0. The van der Waals surface area contributed by atoms with Gasteiger partial charge in [-0.3, -0.25) is 10.1 Å². The number of carboxylic acid groups (broad SMARTS) is 2. The Morgan fingerprint density at radius 3 is 2.44 bits per heavy atom. The van der Waals surface area contributed by atoms with E-state index in [9.17, 15) is 14.7 Å². The Labute approximate surface area is 97.0 Å². The van der Waals surface area contributed by atoms with Gasteiger partial charge in [-0.05, 0) is 13.8 Å². The Morgan fingerprint density at radius 2 is 2.12 bits per heavy atom. The first kappa shape index (κ1) is 13.3. The van der Waals surface area contributed by atoms with E-state index in [1.165, 1.54) is 11.8 Å². The predicted molar refractivity (Wildman–Crippen MR) is 55.6 cm³/mol. The molecule has 0 bridgehead atoms. The largest absolute Gasteiger partial charge is 0.550 e. The van der Waals surface area contributed by atoms with Crippen molar-refractivity contribution in [3.8, 4) is 0 Å². The molecule has 3 N–H and O–H groups in total. The minimum Gasteiger partial charge on any atom is -0.550 e. The van der Waals surface area contributed by atoms with Crippen LogP contribution in [0.1, 0.15) is 13.8 Å². The molecular formula is C9H14NO5S-. The Kier molecular flexibility index (Phi) is 3.82. The van der Waals surface area contributed by atoms with Gasteiger partial charge in [-0.1, -0.05) is 0 Å². The first-order valence-corrected chi connectivity index (χ1v) is 5.66. The summed E-state index contributed by atoms with van der Waals surface area (Å²) in [5.74, 6) is -3.52. The lowest BCUT2D eigenvalue weighted by Crippen LogP contribution is -2.49. The maximum Gasteiger partial charge on any atom is 0.322 e. The van der Waals surface area contributed by atoms with Gasteiger partial charge in [0.05, 0.1) is 12.0 Å². The molecular weight excluding hydrogens is 234 g/mol. The highest BCUT2D eigenvalue weighted by Crippen LogP contribution is 2.40. The van der Waals surface area contributed by atoms with E-state index in [-0.39, 0.29) is 0 Å². The number of rotatable bonds is 4. The summed E-state index contributed by atoms with van der Waals surface area (Å²) in [4.78, 5) is 21.7. The summed E-state index contributed by atoms with van der Waals surface area (Å²) in [6, 6.07) is -0.837. The summed E-state index contributed by atoms with van der Waals surface area (Å²) >= 11 is 1.19. The molecule has 1 saturated heterocycles. The van der Waals surface area contributed by atoms with E-state index in [1.54, 1.807) is 13.8 Å². The highest BCUT2D eigenvalue weighted by molar-refractivity contribution is 8.01. The highest BCUT2D eigenvalue weighted by Gasteiger charge is 2.47. The molecule has 0 aromatic heterocycles. The van der Waals surface area contributed by atoms with Crippen LogP contribution in [0, 0.1) is 5.92 Å². The molecule has 0 amide bonds. The Balaban J connectivity index is 2.82. The van der Waals surface area contributed by atoms with E-state index in [2.05, 4.69) is 5.32 Å². The van der Waals surface area contributed by atoms with Crippen LogP contribution in [0.2, 0.25) is 0 Å². The second kappa shape index (κ2) is 4.60. The molecule has 0 aromatic rings. The third-order valence-electron chi connectivity index (χ3n) is 2.57. The smallest absolute Gasteiger partial charge is 0.322 e. The van der Waals surface area contributed by atoms with Gasteiger partial charge in [-0.15, -0.1) is 11.8 Å². The number of nitrogens with one attached hydrogen (secondary N) is 1. The van der Waals surface area contributed by atoms with Crippen LogP contribution in [0.15, 0.2) is 0 Å². The van der Waals surface area contributed by atoms with Crippen LogP contribution in [0.5, 0.6) is 0 Å². The van der Waals surface area contributed by atoms with Crippen molar-refractivity contribution in [3.05, 3.63) is 0 Å². The van der Waals surface area contributed by atoms with E-state index in [0.717, 1.165) is 0 Å². The normalized spacial score (nSPS) is 29.9. The minimum atomic E-state index is -1.38. The monoisotopic (exact) mass is 248 g/mol. The lowest BCUT2D eigenvalue weighted by molar-refractivity contribution is -0.312. The average Bonchev–Trinajstić information content (AvgIpc) is 2.41. The summed E-state index contributed by atoms with van der Waals surface area (Å²) in [5, 5.41) is 30.7. The average molecular weight is 248 g/mol. The second-order valence-electron chi connectivity index (χ2n) is 4.19. The van der Waals surface area contributed by atoms with Crippen LogP contribution in [0.3, 0.4) is 0 Å². The van der Waals surface area contributed by atoms with Crippen molar-refractivity contribution in [3.63, 3.8) is 0 Å². The van der Waals surface area contributed by atoms with Crippen molar-refractivity contribution in [2.24, 2.45) is 5.92 Å². The van der Waals surface area contributed by atoms with Gasteiger partial charge in [0.2, 0.25) is 0 Å². The van der Waals surface area contributed by atoms with Crippen LogP contribution >= 0.6 is 11.8 Å². The number of aliphatic hydroxyl groups excluding tert-OH is 1. The van der Waals surface area contributed by atoms with Gasteiger partial charge >= 0.3 is 5.97 Å². The zero-order valence-electron chi connectivity index (χ0n) is 8.97. The van der Waals surface area contributed by atoms with Gasteiger partial charge in [-0.25, -0.2) is 0 Å². The fourth-order valence-corrected chi connectivity index (χ4v) is 3.18. The molecule has 0 saturated carbocycles. The first-order chi connectivity index (χ1) is 7.29. The van der Waals surface area contributed by atoms with E-state index in [0.29, 0.717) is 0 Å². The lowest BCUT2D eigenvalue weighted by Gasteiger charge is -2.23. The molecule has 92 valence electrons. The van der Waals surface area contributed by atoms with Gasteiger partial charge in [0, 0.05) is 16.6 Å². The molecule has 0 aliphatic carbocycles. The standard InChI is InChI=1S/C9H15NO5S/c1-9(2)5(8(14)15)10-6(16-9)4(3-11)7(12)13/h4-6,10-11H,3H2,1-2H3,(H,12,13)(H,14,15)/p-1/t4-,5+,6-/m1/s1. The quantitative estimate of drug-likeness (QED) is 0.540. The Morgan fingerprint density at radius 1 is 1.56 bits per heavy atom. The summed E-state index contributed by atoms with van der Waals surface area (Å²) in [7, 11) is 0. The summed E-state index contributed by atoms with van der Waals surface area (Å²) in [5.41, 5.74) is 0. The minimum absolute atomic E-state index is 0.574. The number of thioether (sulfide) groups is 1. The number of carbonyl (C=O) groups is 2. The number of aliphatic carboxylic acids is 2. The van der Waals surface area contributed by atoms with Crippen molar-refractivity contribution in [1.82, 2.24) is 5.32 Å². The van der Waals surface area contributed by atoms with Gasteiger partial charge in [0.15, 0.2) is 0 Å². The number of hydrogen-bond acceptors (Lipinski definition) is 6. The van der Waals surface area contributed by atoms with Gasteiger partial charge < -0.3 is 20.1 Å². The van der Waals surface area contributed by atoms with E-state index in [4.69, 9.17) is 10.2 Å². The Hall–Kier alpha value is -0.790. The van der Waals surface area contributed by atoms with Crippen LogP contribution in [-0.2, 0) is 9.59 Å². The van der Waals surface area contributed by atoms with E-state index in [1.807, 2.05) is 0 Å². The van der Waals surface area contributed by atoms with Crippen molar-refractivity contribution in [2.45, 2.75) is 30.0 Å². The maximum absolute atomic E-state index is 10.9. The zero-order chi connectivity index (χ0) is 12.5. The molecule has 0 aromatic carbocycles. The summed E-state index contributed by atoms with van der Waals surface area (Å²) < 4.78 is -0.626. The van der Waals surface area contributed by atoms with Crippen molar-refractivity contribution < 1.29 is 24.9 Å². The van der Waals surface area contributed by atoms with Crippen molar-refractivity contribution >= 4 is 23.7 Å². The fraction of sp³-hybridized carbons (Fsp3) is 0.778. The first-order valence-electron chi connectivity index (χ1n) is 4.78. The molecule has 3 atom stereocenters. The summed E-state index contributed by atoms with van der Waals surface area (Å²) in [6.45, 7) is 2.86. The second-order valence-corrected chi connectivity index (χ2v) is 5.98. The van der Waals surface area contributed by atoms with Crippen LogP contribution in [0.25, 0.3) is 0 Å². The molecule has 0 spiro atoms. The molecule has 0 unspecified atom stereocenters. The number of carbonyl (C=O) groups excluding carboxylic acids is 1. The highest BCUT2D eigenvalue weighted by atomic mass is 32.2. The molecule has 1 heterocycles. The lowest BCUT2D eigenvalue weighted by atomic mass is 10.0. The number of carboxylic acids is 2. The molecule has 16 heavy (non-hydrogen) atoms. The van der Waals surface area contributed by atoms with Crippen molar-refractivity contribution in [1.29, 1.82) is 0 Å². The molecule has 7 heteroatoms. The molecule has 6 nitrogen and oxygen atoms in total. The van der Waals surface area contributed by atoms with Crippen molar-refractivity contribution in [2.75, 3.05) is 6.61 Å². The Bertz CT molecular complexity index is 306. The van der Waals surface area contributed by atoms with Gasteiger partial charge in [0.1, 0.15) is 6.04 Å². The van der Waals surface area contributed by atoms with Crippen LogP contribution < -0.4 is 10.4 Å². The molecule has 1 rings (SSSR count).